The predicted molar refractivity (Wildman–Crippen MR) is 104 cm³/mol. The molecule has 1 aliphatic carbocycles. The zero-order chi connectivity index (χ0) is 17.2. The van der Waals surface area contributed by atoms with E-state index in [2.05, 4.69) is 26.8 Å². The van der Waals surface area contributed by atoms with Crippen LogP contribution < -0.4 is 10.6 Å². The van der Waals surface area contributed by atoms with E-state index in [0.29, 0.717) is 17.4 Å². The van der Waals surface area contributed by atoms with Gasteiger partial charge < -0.3 is 5.32 Å². The third-order valence-corrected chi connectivity index (χ3v) is 5.32. The van der Waals surface area contributed by atoms with Crippen LogP contribution >= 0.6 is 12.4 Å². The lowest BCUT2D eigenvalue weighted by molar-refractivity contribution is 0.102. The zero-order valence-electron chi connectivity index (χ0n) is 15.1. The Morgan fingerprint density at radius 2 is 1.92 bits per heavy atom. The molecule has 1 aromatic carbocycles. The van der Waals surface area contributed by atoms with Crippen molar-refractivity contribution in [3.05, 3.63) is 40.7 Å². The van der Waals surface area contributed by atoms with Gasteiger partial charge in [-0.05, 0) is 74.9 Å². The Labute approximate surface area is 160 Å². The van der Waals surface area contributed by atoms with Crippen LogP contribution in [-0.4, -0.2) is 33.8 Å². The number of hydrogen-bond donors (Lipinski definition) is 2. The van der Waals surface area contributed by atoms with Crippen LogP contribution in [0, 0.1) is 0 Å². The maximum Gasteiger partial charge on any atom is 0.258 e. The molecule has 7 heteroatoms. The Kier molecular flexibility index (Phi) is 5.94. The van der Waals surface area contributed by atoms with Crippen molar-refractivity contribution in [1.29, 1.82) is 0 Å². The minimum absolute atomic E-state index is 0. The van der Waals surface area contributed by atoms with E-state index in [1.807, 2.05) is 19.2 Å². The maximum atomic E-state index is 12.6. The van der Waals surface area contributed by atoms with Gasteiger partial charge in [0.25, 0.3) is 5.91 Å². The van der Waals surface area contributed by atoms with E-state index in [1.165, 1.54) is 24.0 Å². The van der Waals surface area contributed by atoms with E-state index in [4.69, 9.17) is 0 Å². The van der Waals surface area contributed by atoms with E-state index in [9.17, 15) is 4.79 Å². The largest absolute Gasteiger partial charge is 0.317 e. The molecule has 1 aromatic heterocycles. The Morgan fingerprint density at radius 1 is 1.19 bits per heavy atom. The number of fused-ring (bicyclic) bond motifs is 1. The summed E-state index contributed by atoms with van der Waals surface area (Å²) in [7, 11) is 1.83. The molecule has 4 rings (SSSR count). The summed E-state index contributed by atoms with van der Waals surface area (Å²) in [5.74, 6) is 1.63. The fourth-order valence-electron chi connectivity index (χ4n) is 3.81. The van der Waals surface area contributed by atoms with Crippen LogP contribution in [0.25, 0.3) is 0 Å². The fraction of sp³-hybridized carbons (Fsp3) is 0.526. The third-order valence-electron chi connectivity index (χ3n) is 5.32. The van der Waals surface area contributed by atoms with Crippen molar-refractivity contribution in [2.75, 3.05) is 18.4 Å². The van der Waals surface area contributed by atoms with Crippen LogP contribution in [0.5, 0.6) is 0 Å². The molecule has 1 fully saturated rings. The number of carbonyl (C=O) groups excluding carboxylic acids is 1. The highest BCUT2D eigenvalue weighted by Crippen LogP contribution is 2.24. The van der Waals surface area contributed by atoms with Crippen LogP contribution in [0.3, 0.4) is 0 Å². The van der Waals surface area contributed by atoms with Crippen molar-refractivity contribution in [2.45, 2.75) is 44.4 Å². The average Bonchev–Trinajstić information content (AvgIpc) is 3.02. The third kappa shape index (κ3) is 3.91. The number of benzene rings is 1. The van der Waals surface area contributed by atoms with Gasteiger partial charge in [-0.15, -0.1) is 12.4 Å². The van der Waals surface area contributed by atoms with E-state index < -0.39 is 0 Å². The van der Waals surface area contributed by atoms with Gasteiger partial charge in [-0.2, -0.15) is 10.1 Å². The van der Waals surface area contributed by atoms with Gasteiger partial charge in [-0.3, -0.25) is 10.1 Å². The van der Waals surface area contributed by atoms with Crippen LogP contribution in [0.15, 0.2) is 18.2 Å². The molecule has 2 aliphatic rings. The van der Waals surface area contributed by atoms with E-state index in [1.54, 1.807) is 4.68 Å². The number of anilines is 1. The summed E-state index contributed by atoms with van der Waals surface area (Å²) in [6, 6.07) is 6.05. The lowest BCUT2D eigenvalue weighted by Gasteiger charge is -2.19. The molecular weight excluding hydrogens is 350 g/mol. The molecule has 140 valence electrons. The number of amides is 1. The molecule has 6 nitrogen and oxygen atoms in total. The van der Waals surface area contributed by atoms with Crippen molar-refractivity contribution in [1.82, 2.24) is 20.1 Å². The quantitative estimate of drug-likeness (QED) is 0.865. The van der Waals surface area contributed by atoms with Crippen molar-refractivity contribution >= 4 is 24.3 Å². The molecule has 2 N–H and O–H groups in total. The summed E-state index contributed by atoms with van der Waals surface area (Å²) in [5.41, 5.74) is 3.40. The number of hydrogen-bond acceptors (Lipinski definition) is 4. The van der Waals surface area contributed by atoms with Gasteiger partial charge in [-0.1, -0.05) is 6.07 Å². The first-order valence-corrected chi connectivity index (χ1v) is 9.25. The van der Waals surface area contributed by atoms with Gasteiger partial charge in [0.1, 0.15) is 0 Å². The normalized spacial score (nSPS) is 17.3. The second-order valence-electron chi connectivity index (χ2n) is 7.09. The first kappa shape index (κ1) is 18.9. The van der Waals surface area contributed by atoms with Crippen LogP contribution in [0.2, 0.25) is 0 Å². The topological polar surface area (TPSA) is 71.8 Å². The minimum atomic E-state index is -0.110. The molecule has 2 heterocycles. The average molecular weight is 376 g/mol. The number of aromatic nitrogens is 3. The van der Waals surface area contributed by atoms with Gasteiger partial charge >= 0.3 is 0 Å². The highest BCUT2D eigenvalue weighted by atomic mass is 35.5. The summed E-state index contributed by atoms with van der Waals surface area (Å²) in [5, 5.41) is 10.8. The second kappa shape index (κ2) is 8.18. The summed E-state index contributed by atoms with van der Waals surface area (Å²) in [6.45, 7) is 2.00. The number of rotatable bonds is 3. The summed E-state index contributed by atoms with van der Waals surface area (Å²) < 4.78 is 1.67. The molecule has 1 aliphatic heterocycles. The van der Waals surface area contributed by atoms with E-state index >= 15 is 0 Å². The summed E-state index contributed by atoms with van der Waals surface area (Å²) in [6.07, 6.45) is 6.74. The second-order valence-corrected chi connectivity index (χ2v) is 7.09. The molecule has 0 bridgehead atoms. The monoisotopic (exact) mass is 375 g/mol. The first-order chi connectivity index (χ1) is 12.2. The van der Waals surface area contributed by atoms with Gasteiger partial charge in [0.15, 0.2) is 5.82 Å². The molecule has 0 atom stereocenters. The van der Waals surface area contributed by atoms with Gasteiger partial charge in [0.05, 0.1) is 0 Å². The highest BCUT2D eigenvalue weighted by Gasteiger charge is 2.22. The standard InChI is InChI=1S/C19H25N5O.ClH/c1-24-19(21-17(23-24)14-8-10-20-11-9-14)22-18(25)16-7-6-13-4-2-3-5-15(13)12-16;/h6-7,12,14,20H,2-5,8-11H2,1H3,(H,21,22,23,25);1H. The van der Waals surface area contributed by atoms with Crippen molar-refractivity contribution in [3.8, 4) is 0 Å². The SMILES string of the molecule is Cl.Cn1nc(C2CCNCC2)nc1NC(=O)c1ccc2c(c1)CCCC2. The Hall–Kier alpha value is -1.92. The van der Waals surface area contributed by atoms with Crippen LogP contribution in [0.4, 0.5) is 5.95 Å². The molecule has 0 unspecified atom stereocenters. The molecular formula is C19H26ClN5O. The molecule has 1 saturated heterocycles. The van der Waals surface area contributed by atoms with Gasteiger partial charge in [-0.25, -0.2) is 4.68 Å². The van der Waals surface area contributed by atoms with Crippen LogP contribution in [0.1, 0.15) is 58.9 Å². The number of nitrogens with zero attached hydrogens (tertiary/aromatic N) is 3. The van der Waals surface area contributed by atoms with Crippen molar-refractivity contribution in [2.24, 2.45) is 7.05 Å². The number of nitrogens with one attached hydrogen (secondary N) is 2. The molecule has 2 aromatic rings. The van der Waals surface area contributed by atoms with Gasteiger partial charge in [0, 0.05) is 18.5 Å². The number of piperidine rings is 1. The molecule has 0 radical (unpaired) electrons. The Balaban J connectivity index is 0.00000196. The van der Waals surface area contributed by atoms with Crippen molar-refractivity contribution in [3.63, 3.8) is 0 Å². The molecule has 1 amide bonds. The predicted octanol–water partition coefficient (Wildman–Crippen LogP) is 2.84. The fourth-order valence-corrected chi connectivity index (χ4v) is 3.81. The molecule has 26 heavy (non-hydrogen) atoms. The highest BCUT2D eigenvalue weighted by molar-refractivity contribution is 6.03. The first-order valence-electron chi connectivity index (χ1n) is 9.25. The van der Waals surface area contributed by atoms with E-state index in [-0.39, 0.29) is 18.3 Å². The Bertz CT molecular complexity index is 782. The zero-order valence-corrected chi connectivity index (χ0v) is 15.9. The lowest BCUT2D eigenvalue weighted by Crippen LogP contribution is -2.27. The molecule has 0 spiro atoms. The maximum absolute atomic E-state index is 12.6. The number of aryl methyl sites for hydroxylation is 3. The van der Waals surface area contributed by atoms with Crippen molar-refractivity contribution < 1.29 is 4.79 Å². The number of halogens is 1. The Morgan fingerprint density at radius 3 is 2.69 bits per heavy atom. The molecule has 0 saturated carbocycles. The summed E-state index contributed by atoms with van der Waals surface area (Å²) >= 11 is 0. The number of carbonyl (C=O) groups is 1. The lowest BCUT2D eigenvalue weighted by atomic mass is 9.90. The van der Waals surface area contributed by atoms with Crippen LogP contribution in [-0.2, 0) is 19.9 Å². The smallest absolute Gasteiger partial charge is 0.258 e. The van der Waals surface area contributed by atoms with Gasteiger partial charge in [0.2, 0.25) is 5.95 Å². The minimum Gasteiger partial charge on any atom is -0.317 e. The summed E-state index contributed by atoms with van der Waals surface area (Å²) in [4.78, 5) is 17.2. The van der Waals surface area contributed by atoms with E-state index in [0.717, 1.165) is 44.6 Å².